The van der Waals surface area contributed by atoms with Gasteiger partial charge in [-0.1, -0.05) is 29.8 Å². The van der Waals surface area contributed by atoms with Crippen molar-refractivity contribution in [1.82, 2.24) is 9.97 Å². The van der Waals surface area contributed by atoms with Gasteiger partial charge >= 0.3 is 5.97 Å². The summed E-state index contributed by atoms with van der Waals surface area (Å²) >= 11 is 0. The van der Waals surface area contributed by atoms with Crippen LogP contribution in [0.3, 0.4) is 0 Å². The van der Waals surface area contributed by atoms with E-state index < -0.39 is 5.97 Å². The summed E-state index contributed by atoms with van der Waals surface area (Å²) < 4.78 is 10.4. The van der Waals surface area contributed by atoms with Gasteiger partial charge in [0, 0.05) is 11.1 Å². The number of nitrogens with one attached hydrogen (secondary N) is 1. The monoisotopic (exact) mass is 400 g/mol. The van der Waals surface area contributed by atoms with E-state index in [1.807, 2.05) is 43.3 Å². The van der Waals surface area contributed by atoms with Crippen LogP contribution in [0.2, 0.25) is 0 Å². The van der Waals surface area contributed by atoms with E-state index in [4.69, 9.17) is 9.47 Å². The molecule has 0 fully saturated rings. The van der Waals surface area contributed by atoms with Gasteiger partial charge in [0.2, 0.25) is 0 Å². The van der Waals surface area contributed by atoms with E-state index in [2.05, 4.69) is 9.97 Å². The second-order valence-corrected chi connectivity index (χ2v) is 6.91. The van der Waals surface area contributed by atoms with Crippen molar-refractivity contribution in [3.05, 3.63) is 83.4 Å². The predicted octanol–water partition coefficient (Wildman–Crippen LogP) is 4.59. The molecule has 4 rings (SSSR count). The quantitative estimate of drug-likeness (QED) is 0.378. The lowest BCUT2D eigenvalue weighted by atomic mass is 10.1. The Morgan fingerprint density at radius 3 is 2.33 bits per heavy atom. The van der Waals surface area contributed by atoms with E-state index in [1.165, 1.54) is 0 Å². The van der Waals surface area contributed by atoms with Gasteiger partial charge in [-0.15, -0.1) is 0 Å². The van der Waals surface area contributed by atoms with Gasteiger partial charge < -0.3 is 14.5 Å². The molecule has 3 aromatic carbocycles. The number of aryl methyl sites for hydroxylation is 1. The molecule has 0 unspecified atom stereocenters. The topological polar surface area (TPSA) is 81.3 Å². The van der Waals surface area contributed by atoms with Crippen LogP contribution in [0.25, 0.3) is 22.4 Å². The molecule has 30 heavy (non-hydrogen) atoms. The molecule has 0 aliphatic carbocycles. The second-order valence-electron chi connectivity index (χ2n) is 6.91. The maximum atomic E-state index is 12.4. The summed E-state index contributed by atoms with van der Waals surface area (Å²) in [6.07, 6.45) is 0. The smallest absolute Gasteiger partial charge is 0.338 e. The molecule has 0 aliphatic heterocycles. The van der Waals surface area contributed by atoms with Crippen LogP contribution < -0.4 is 4.74 Å². The summed E-state index contributed by atoms with van der Waals surface area (Å²) in [6.45, 7) is 1.64. The lowest BCUT2D eigenvalue weighted by molar-refractivity contribution is 0.0475. The van der Waals surface area contributed by atoms with Crippen molar-refractivity contribution >= 4 is 22.8 Å². The first kappa shape index (κ1) is 19.4. The van der Waals surface area contributed by atoms with Crippen LogP contribution in [0.15, 0.2) is 66.7 Å². The molecule has 0 amide bonds. The zero-order chi connectivity index (χ0) is 21.1. The molecule has 6 nitrogen and oxygen atoms in total. The normalized spacial score (nSPS) is 10.7. The summed E-state index contributed by atoms with van der Waals surface area (Å²) in [6, 6.07) is 19.7. The van der Waals surface area contributed by atoms with E-state index in [0.29, 0.717) is 22.5 Å². The van der Waals surface area contributed by atoms with Crippen LogP contribution in [0, 0.1) is 6.92 Å². The van der Waals surface area contributed by atoms with Gasteiger partial charge in [0.25, 0.3) is 0 Å². The van der Waals surface area contributed by atoms with Crippen LogP contribution in [0.1, 0.15) is 26.3 Å². The molecule has 6 heteroatoms. The Morgan fingerprint density at radius 2 is 1.63 bits per heavy atom. The minimum Gasteiger partial charge on any atom is -0.497 e. The first-order chi connectivity index (χ1) is 14.5. The number of carbonyl (C=O) groups is 2. The molecule has 0 atom stereocenters. The number of fused-ring (bicyclic) bond motifs is 1. The maximum absolute atomic E-state index is 12.4. The van der Waals surface area contributed by atoms with Crippen molar-refractivity contribution in [2.45, 2.75) is 6.92 Å². The molecule has 0 aliphatic rings. The van der Waals surface area contributed by atoms with E-state index in [9.17, 15) is 9.59 Å². The van der Waals surface area contributed by atoms with Crippen LogP contribution in [0.4, 0.5) is 0 Å². The highest BCUT2D eigenvalue weighted by atomic mass is 16.5. The molecule has 0 saturated heterocycles. The third-order valence-corrected chi connectivity index (χ3v) is 4.79. The highest BCUT2D eigenvalue weighted by molar-refractivity contribution is 6.00. The van der Waals surface area contributed by atoms with E-state index in [1.54, 1.807) is 37.4 Å². The fraction of sp³-hybridized carbons (Fsp3) is 0.125. The molecule has 0 bridgehead atoms. The summed E-state index contributed by atoms with van der Waals surface area (Å²) in [5.41, 5.74) is 4.27. The van der Waals surface area contributed by atoms with Crippen molar-refractivity contribution in [2.75, 3.05) is 13.7 Å². The Labute approximate surface area is 173 Å². The van der Waals surface area contributed by atoms with Crippen molar-refractivity contribution in [3.8, 4) is 17.1 Å². The summed E-state index contributed by atoms with van der Waals surface area (Å²) in [5.74, 6) is 0.651. The Kier molecular flexibility index (Phi) is 5.30. The zero-order valence-electron chi connectivity index (χ0n) is 16.6. The molecule has 150 valence electrons. The molecule has 1 heterocycles. The van der Waals surface area contributed by atoms with Crippen LogP contribution in [-0.2, 0) is 4.74 Å². The van der Waals surface area contributed by atoms with Gasteiger partial charge in [-0.3, -0.25) is 4.79 Å². The number of H-pyrrole nitrogens is 1. The van der Waals surface area contributed by atoms with Gasteiger partial charge in [0.15, 0.2) is 12.4 Å². The minimum absolute atomic E-state index is 0.243. The maximum Gasteiger partial charge on any atom is 0.338 e. The SMILES string of the molecule is COc1ccc(-c2nc3ccc(C(=O)OCC(=O)c4ccc(C)cc4)cc3[nH]2)cc1. The fourth-order valence-electron chi connectivity index (χ4n) is 3.06. The third-order valence-electron chi connectivity index (χ3n) is 4.79. The number of carbonyl (C=O) groups excluding carboxylic acids is 2. The van der Waals surface area contributed by atoms with Crippen LogP contribution in [-0.4, -0.2) is 35.4 Å². The van der Waals surface area contributed by atoms with Gasteiger partial charge in [0.05, 0.1) is 23.7 Å². The van der Waals surface area contributed by atoms with Crippen molar-refractivity contribution in [1.29, 1.82) is 0 Å². The number of ether oxygens (including phenoxy) is 2. The van der Waals surface area contributed by atoms with E-state index >= 15 is 0 Å². The standard InChI is InChI=1S/C24H20N2O4/c1-15-3-5-16(6-4-15)22(27)14-30-24(28)18-9-12-20-21(13-18)26-23(25-20)17-7-10-19(29-2)11-8-17/h3-13H,14H2,1-2H3,(H,25,26). The van der Waals surface area contributed by atoms with Crippen molar-refractivity contribution < 1.29 is 19.1 Å². The lowest BCUT2D eigenvalue weighted by Crippen LogP contribution is -2.14. The minimum atomic E-state index is -0.557. The number of methoxy groups -OCH3 is 1. The lowest BCUT2D eigenvalue weighted by Gasteiger charge is -2.05. The average Bonchev–Trinajstić information content (AvgIpc) is 3.21. The molecule has 4 aromatic rings. The van der Waals surface area contributed by atoms with Crippen molar-refractivity contribution in [2.24, 2.45) is 0 Å². The Bertz CT molecular complexity index is 1210. The zero-order valence-corrected chi connectivity index (χ0v) is 16.6. The average molecular weight is 400 g/mol. The number of benzene rings is 3. The summed E-state index contributed by atoms with van der Waals surface area (Å²) in [4.78, 5) is 32.4. The number of hydrogen-bond donors (Lipinski definition) is 1. The van der Waals surface area contributed by atoms with E-state index in [0.717, 1.165) is 22.4 Å². The van der Waals surface area contributed by atoms with Crippen LogP contribution >= 0.6 is 0 Å². The highest BCUT2D eigenvalue weighted by Crippen LogP contribution is 2.23. The molecular weight excluding hydrogens is 380 g/mol. The number of hydrogen-bond acceptors (Lipinski definition) is 5. The molecular formula is C24H20N2O4. The van der Waals surface area contributed by atoms with Gasteiger partial charge in [0.1, 0.15) is 11.6 Å². The number of imidazole rings is 1. The number of esters is 1. The van der Waals surface area contributed by atoms with Gasteiger partial charge in [-0.25, -0.2) is 9.78 Å². The Morgan fingerprint density at radius 1 is 0.933 bits per heavy atom. The first-order valence-corrected chi connectivity index (χ1v) is 9.44. The number of aromatic nitrogens is 2. The highest BCUT2D eigenvalue weighted by Gasteiger charge is 2.14. The number of rotatable bonds is 6. The predicted molar refractivity (Wildman–Crippen MR) is 114 cm³/mol. The summed E-state index contributed by atoms with van der Waals surface area (Å²) in [5, 5.41) is 0. The van der Waals surface area contributed by atoms with Gasteiger partial charge in [-0.2, -0.15) is 0 Å². The molecule has 1 aromatic heterocycles. The Hall–Kier alpha value is -3.93. The molecule has 0 radical (unpaired) electrons. The number of Topliss-reactive ketones (excluding diaryl/α,β-unsaturated/α-hetero) is 1. The van der Waals surface area contributed by atoms with Crippen LogP contribution in [0.5, 0.6) is 5.75 Å². The number of nitrogens with zero attached hydrogens (tertiary/aromatic N) is 1. The van der Waals surface area contributed by atoms with Gasteiger partial charge in [-0.05, 0) is 49.4 Å². The number of ketones is 1. The molecule has 0 spiro atoms. The molecule has 0 saturated carbocycles. The largest absolute Gasteiger partial charge is 0.497 e. The number of aromatic amines is 1. The fourth-order valence-corrected chi connectivity index (χ4v) is 3.06. The Balaban J connectivity index is 1.47. The summed E-state index contributed by atoms with van der Waals surface area (Å²) in [7, 11) is 1.62. The molecule has 1 N–H and O–H groups in total. The van der Waals surface area contributed by atoms with Crippen molar-refractivity contribution in [3.63, 3.8) is 0 Å². The third kappa shape index (κ3) is 4.07. The van der Waals surface area contributed by atoms with E-state index in [-0.39, 0.29) is 12.4 Å². The second kappa shape index (κ2) is 8.21. The first-order valence-electron chi connectivity index (χ1n) is 9.44.